The molecule has 13 N–H and O–H groups in total. The van der Waals surface area contributed by atoms with Crippen LogP contribution in [0.5, 0.6) is 0 Å². The zero-order chi connectivity index (χ0) is 29.4. The molecular formula is C22H40N8O8. The number of amides is 4. The predicted molar refractivity (Wildman–Crippen MR) is 136 cm³/mol. The summed E-state index contributed by atoms with van der Waals surface area (Å²) < 4.78 is 0. The fourth-order valence-corrected chi connectivity index (χ4v) is 3.22. The number of guanidine groups is 1. The molecule has 0 heterocycles. The maximum Gasteiger partial charge on any atom is 0.326 e. The summed E-state index contributed by atoms with van der Waals surface area (Å²) in [6.07, 6.45) is -0.346. The van der Waals surface area contributed by atoms with Crippen molar-refractivity contribution in [3.05, 3.63) is 0 Å². The monoisotopic (exact) mass is 544 g/mol. The lowest BCUT2D eigenvalue weighted by Crippen LogP contribution is -2.58. The van der Waals surface area contributed by atoms with Gasteiger partial charge in [-0.2, -0.15) is 0 Å². The Bertz CT molecular complexity index is 877. The van der Waals surface area contributed by atoms with Crippen molar-refractivity contribution in [1.82, 2.24) is 16.0 Å². The first-order valence-corrected chi connectivity index (χ1v) is 12.1. The summed E-state index contributed by atoms with van der Waals surface area (Å²) in [6, 6.07) is -5.02. The van der Waals surface area contributed by atoms with E-state index in [0.717, 1.165) is 0 Å². The van der Waals surface area contributed by atoms with Crippen LogP contribution in [-0.4, -0.2) is 82.5 Å². The van der Waals surface area contributed by atoms with Crippen LogP contribution in [0.4, 0.5) is 0 Å². The van der Waals surface area contributed by atoms with Crippen molar-refractivity contribution in [2.24, 2.45) is 33.8 Å². The van der Waals surface area contributed by atoms with Crippen LogP contribution in [0.15, 0.2) is 4.99 Å². The Labute approximate surface area is 220 Å². The van der Waals surface area contributed by atoms with Crippen molar-refractivity contribution in [1.29, 1.82) is 0 Å². The van der Waals surface area contributed by atoms with E-state index in [9.17, 15) is 33.9 Å². The number of aliphatic carboxylic acids is 2. The molecule has 0 aliphatic rings. The van der Waals surface area contributed by atoms with E-state index in [1.807, 2.05) is 0 Å². The zero-order valence-electron chi connectivity index (χ0n) is 21.6. The molecule has 16 heteroatoms. The van der Waals surface area contributed by atoms with E-state index in [1.54, 1.807) is 13.8 Å². The third-order valence-corrected chi connectivity index (χ3v) is 5.67. The fourth-order valence-electron chi connectivity index (χ4n) is 3.22. The minimum absolute atomic E-state index is 0.0184. The molecule has 0 rings (SSSR count). The summed E-state index contributed by atoms with van der Waals surface area (Å²) in [7, 11) is 0. The average Bonchev–Trinajstić information content (AvgIpc) is 2.83. The maximum atomic E-state index is 13.1. The molecule has 38 heavy (non-hydrogen) atoms. The molecule has 0 bridgehead atoms. The highest BCUT2D eigenvalue weighted by Gasteiger charge is 2.32. The Morgan fingerprint density at radius 1 is 0.816 bits per heavy atom. The molecule has 216 valence electrons. The summed E-state index contributed by atoms with van der Waals surface area (Å²) in [4.78, 5) is 75.9. The van der Waals surface area contributed by atoms with Crippen LogP contribution in [-0.2, 0) is 28.8 Å². The molecule has 0 radical (unpaired) electrons. The number of hydrogen-bond acceptors (Lipinski definition) is 8. The van der Waals surface area contributed by atoms with Gasteiger partial charge in [-0.05, 0) is 31.6 Å². The SMILES string of the molecule is CCC(C)C(NC(=O)C(CCC(N)=O)NC(=O)C(N)CCC(=O)O)C(=O)NC(CCCN=C(N)N)C(=O)O. The smallest absolute Gasteiger partial charge is 0.326 e. The number of carboxylic acids is 2. The van der Waals surface area contributed by atoms with Gasteiger partial charge in [-0.1, -0.05) is 20.3 Å². The van der Waals surface area contributed by atoms with Gasteiger partial charge >= 0.3 is 11.9 Å². The van der Waals surface area contributed by atoms with Crippen molar-refractivity contribution in [2.75, 3.05) is 6.54 Å². The molecule has 0 aromatic rings. The highest BCUT2D eigenvalue weighted by atomic mass is 16.4. The maximum absolute atomic E-state index is 13.1. The number of carbonyl (C=O) groups excluding carboxylic acids is 4. The molecule has 0 aromatic carbocycles. The molecule has 0 aliphatic heterocycles. The van der Waals surface area contributed by atoms with Gasteiger partial charge in [-0.15, -0.1) is 0 Å². The topological polar surface area (TPSA) is 295 Å². The van der Waals surface area contributed by atoms with Crippen LogP contribution in [0.25, 0.3) is 0 Å². The Morgan fingerprint density at radius 2 is 1.42 bits per heavy atom. The van der Waals surface area contributed by atoms with Crippen LogP contribution < -0.4 is 38.9 Å². The van der Waals surface area contributed by atoms with Gasteiger partial charge in [0.1, 0.15) is 18.1 Å². The van der Waals surface area contributed by atoms with Gasteiger partial charge in [0.25, 0.3) is 0 Å². The normalized spacial score (nSPS) is 14.6. The Hall–Kier alpha value is -3.95. The standard InChI is InChI=1S/C22H40N8O8/c1-3-11(2)17(20(36)29-14(21(37)38)5-4-10-27-22(25)26)30-19(35)13(7-8-15(24)31)28-18(34)12(23)6-9-16(32)33/h11-14,17H,3-10,23H2,1-2H3,(H2,24,31)(H,28,34)(H,29,36)(H,30,35)(H,32,33)(H,37,38)(H4,25,26,27). The second-order valence-electron chi connectivity index (χ2n) is 8.83. The van der Waals surface area contributed by atoms with Crippen LogP contribution in [0.1, 0.15) is 58.8 Å². The molecule has 0 saturated heterocycles. The second kappa shape index (κ2) is 17.5. The van der Waals surface area contributed by atoms with E-state index >= 15 is 0 Å². The Morgan fingerprint density at radius 3 is 1.92 bits per heavy atom. The first-order chi connectivity index (χ1) is 17.7. The van der Waals surface area contributed by atoms with Gasteiger partial charge in [-0.3, -0.25) is 29.0 Å². The van der Waals surface area contributed by atoms with E-state index in [1.165, 1.54) is 0 Å². The molecule has 16 nitrogen and oxygen atoms in total. The average molecular weight is 545 g/mol. The third-order valence-electron chi connectivity index (χ3n) is 5.67. The van der Waals surface area contributed by atoms with Crippen molar-refractivity contribution < 1.29 is 39.0 Å². The fraction of sp³-hybridized carbons (Fsp3) is 0.682. The highest BCUT2D eigenvalue weighted by molar-refractivity contribution is 5.94. The van der Waals surface area contributed by atoms with Crippen LogP contribution in [0.3, 0.4) is 0 Å². The molecule has 0 fully saturated rings. The summed E-state index contributed by atoms with van der Waals surface area (Å²) in [5.74, 6) is -6.21. The van der Waals surface area contributed by atoms with E-state index < -0.39 is 65.7 Å². The number of primary amides is 1. The van der Waals surface area contributed by atoms with E-state index in [0.29, 0.717) is 6.42 Å². The Balaban J connectivity index is 5.57. The van der Waals surface area contributed by atoms with Crippen molar-refractivity contribution in [3.8, 4) is 0 Å². The summed E-state index contributed by atoms with van der Waals surface area (Å²) in [5.41, 5.74) is 21.3. The summed E-state index contributed by atoms with van der Waals surface area (Å²) >= 11 is 0. The number of hydrogen-bond donors (Lipinski definition) is 9. The van der Waals surface area contributed by atoms with Gasteiger partial charge in [0, 0.05) is 19.4 Å². The second-order valence-corrected chi connectivity index (χ2v) is 8.83. The summed E-state index contributed by atoms with van der Waals surface area (Å²) in [6.45, 7) is 3.58. The van der Waals surface area contributed by atoms with Crippen LogP contribution in [0.2, 0.25) is 0 Å². The van der Waals surface area contributed by atoms with Crippen LogP contribution >= 0.6 is 0 Å². The number of aliphatic imine (C=N–C) groups is 1. The zero-order valence-corrected chi connectivity index (χ0v) is 21.6. The number of rotatable bonds is 19. The van der Waals surface area contributed by atoms with Crippen molar-refractivity contribution in [2.45, 2.75) is 83.0 Å². The highest BCUT2D eigenvalue weighted by Crippen LogP contribution is 2.11. The van der Waals surface area contributed by atoms with Gasteiger partial charge in [0.2, 0.25) is 23.6 Å². The van der Waals surface area contributed by atoms with Gasteiger partial charge < -0.3 is 49.1 Å². The number of carboxylic acid groups (broad SMARTS) is 2. The lowest BCUT2D eigenvalue weighted by atomic mass is 9.96. The van der Waals surface area contributed by atoms with Gasteiger partial charge in [0.15, 0.2) is 5.96 Å². The third kappa shape index (κ3) is 14.0. The quantitative estimate of drug-likeness (QED) is 0.0450. The predicted octanol–water partition coefficient (Wildman–Crippen LogP) is -2.92. The first-order valence-electron chi connectivity index (χ1n) is 12.1. The van der Waals surface area contributed by atoms with Crippen LogP contribution in [0, 0.1) is 5.92 Å². The number of nitrogens with one attached hydrogen (secondary N) is 3. The molecule has 4 amide bonds. The molecule has 0 saturated carbocycles. The molecule has 0 aliphatic carbocycles. The minimum atomic E-state index is -1.32. The molecule has 5 atom stereocenters. The number of nitrogens with two attached hydrogens (primary N) is 4. The lowest BCUT2D eigenvalue weighted by Gasteiger charge is -2.28. The molecule has 5 unspecified atom stereocenters. The van der Waals surface area contributed by atoms with Gasteiger partial charge in [0.05, 0.1) is 6.04 Å². The molecule has 0 aromatic heterocycles. The van der Waals surface area contributed by atoms with Crippen molar-refractivity contribution >= 4 is 41.5 Å². The van der Waals surface area contributed by atoms with Crippen molar-refractivity contribution in [3.63, 3.8) is 0 Å². The summed E-state index contributed by atoms with van der Waals surface area (Å²) in [5, 5.41) is 25.5. The van der Waals surface area contributed by atoms with Gasteiger partial charge in [-0.25, -0.2) is 4.79 Å². The van der Waals surface area contributed by atoms with E-state index in [4.69, 9.17) is 28.0 Å². The largest absolute Gasteiger partial charge is 0.481 e. The molecular weight excluding hydrogens is 504 g/mol. The van der Waals surface area contributed by atoms with E-state index in [-0.39, 0.29) is 51.0 Å². The number of carbonyl (C=O) groups is 6. The first kappa shape index (κ1) is 34.0. The lowest BCUT2D eigenvalue weighted by molar-refractivity contribution is -0.143. The Kier molecular flexibility index (Phi) is 15.7. The minimum Gasteiger partial charge on any atom is -0.481 e. The molecule has 0 spiro atoms. The number of nitrogens with zero attached hydrogens (tertiary/aromatic N) is 1. The van der Waals surface area contributed by atoms with E-state index in [2.05, 4.69) is 20.9 Å².